The van der Waals surface area contributed by atoms with E-state index in [9.17, 15) is 18.0 Å². The van der Waals surface area contributed by atoms with Gasteiger partial charge in [0.1, 0.15) is 0 Å². The molecule has 0 fully saturated rings. The van der Waals surface area contributed by atoms with E-state index >= 15 is 0 Å². The molecule has 0 heterocycles. The van der Waals surface area contributed by atoms with E-state index in [0.717, 1.165) is 5.64 Å². The summed E-state index contributed by atoms with van der Waals surface area (Å²) in [5, 5.41) is 7.33. The molecule has 0 saturated heterocycles. The Morgan fingerprint density at radius 3 is 2.30 bits per heavy atom. The fraction of sp³-hybridized carbons (Fsp3) is 0.500. The molecular formula is C2H2F3NO4. The van der Waals surface area contributed by atoms with E-state index in [-0.39, 0.29) is 0 Å². The second-order valence-corrected chi connectivity index (χ2v) is 1.06. The number of carbonyl (C=O) groups is 1. The van der Waals surface area contributed by atoms with E-state index in [2.05, 4.69) is 9.83 Å². The van der Waals surface area contributed by atoms with Crippen LogP contribution in [0.1, 0.15) is 0 Å². The Morgan fingerprint density at radius 2 is 2.00 bits per heavy atom. The zero-order chi connectivity index (χ0) is 8.20. The number of alkyl halides is 3. The SMILES string of the molecule is O=C(ONOO)C(F)(F)F. The van der Waals surface area contributed by atoms with E-state index in [1.807, 2.05) is 0 Å². The Bertz CT molecular complexity index is 122. The highest BCUT2D eigenvalue weighted by atomic mass is 19.4. The van der Waals surface area contributed by atoms with Crippen molar-refractivity contribution in [2.75, 3.05) is 0 Å². The number of halogens is 3. The molecule has 0 amide bonds. The van der Waals surface area contributed by atoms with Gasteiger partial charge in [0, 0.05) is 5.64 Å². The summed E-state index contributed by atoms with van der Waals surface area (Å²) in [5.74, 6) is -2.51. The van der Waals surface area contributed by atoms with Crippen LogP contribution >= 0.6 is 0 Å². The van der Waals surface area contributed by atoms with Gasteiger partial charge in [-0.05, 0) is 0 Å². The standard InChI is InChI=1S/C2H2F3NO4/c3-2(4,5)1(7)9-6-10-8/h6,8H. The van der Waals surface area contributed by atoms with Crippen molar-refractivity contribution in [3.05, 3.63) is 0 Å². The van der Waals surface area contributed by atoms with Gasteiger partial charge in [-0.2, -0.15) is 13.2 Å². The maximum absolute atomic E-state index is 11.1. The maximum atomic E-state index is 11.1. The van der Waals surface area contributed by atoms with Crippen LogP contribution in [0, 0.1) is 0 Å². The molecule has 2 N–H and O–H groups in total. The van der Waals surface area contributed by atoms with Crippen LogP contribution in [-0.2, 0) is 14.6 Å². The minimum Gasteiger partial charge on any atom is -0.335 e. The van der Waals surface area contributed by atoms with E-state index in [4.69, 9.17) is 5.26 Å². The Hall–Kier alpha value is -0.860. The van der Waals surface area contributed by atoms with Crippen LogP contribution in [0.25, 0.3) is 0 Å². The molecule has 0 rings (SSSR count). The fourth-order valence-electron chi connectivity index (χ4n) is 0.114. The average molecular weight is 161 g/mol. The molecule has 0 saturated carbocycles. The molecule has 0 radical (unpaired) electrons. The third-order valence-electron chi connectivity index (χ3n) is 0.403. The quantitative estimate of drug-likeness (QED) is 0.440. The van der Waals surface area contributed by atoms with Crippen molar-refractivity contribution >= 4 is 5.97 Å². The third kappa shape index (κ3) is 3.22. The molecule has 0 aliphatic heterocycles. The van der Waals surface area contributed by atoms with Crippen LogP contribution in [0.4, 0.5) is 13.2 Å². The smallest absolute Gasteiger partial charge is 0.335 e. The largest absolute Gasteiger partial charge is 0.492 e. The molecule has 0 spiro atoms. The van der Waals surface area contributed by atoms with Crippen molar-refractivity contribution < 1.29 is 33.0 Å². The van der Waals surface area contributed by atoms with Crippen molar-refractivity contribution in [2.24, 2.45) is 0 Å². The molecule has 10 heavy (non-hydrogen) atoms. The zero-order valence-corrected chi connectivity index (χ0v) is 4.31. The number of hydrogen-bond acceptors (Lipinski definition) is 5. The van der Waals surface area contributed by atoms with Crippen molar-refractivity contribution in [3.8, 4) is 0 Å². The first-order chi connectivity index (χ1) is 4.48. The van der Waals surface area contributed by atoms with E-state index in [0.29, 0.717) is 0 Å². The Balaban J connectivity index is 3.64. The summed E-state index contributed by atoms with van der Waals surface area (Å²) in [6, 6.07) is 0. The van der Waals surface area contributed by atoms with Crippen molar-refractivity contribution in [3.63, 3.8) is 0 Å². The molecule has 60 valence electrons. The number of rotatable bonds is 2. The molecule has 0 aromatic rings. The molecule has 0 aromatic carbocycles. The van der Waals surface area contributed by atoms with Crippen LogP contribution in [0.15, 0.2) is 0 Å². The summed E-state index contributed by atoms with van der Waals surface area (Å²) in [5.41, 5.74) is 0.841. The summed E-state index contributed by atoms with van der Waals surface area (Å²) in [4.78, 5) is 15.5. The van der Waals surface area contributed by atoms with E-state index < -0.39 is 12.1 Å². The first-order valence-corrected chi connectivity index (χ1v) is 1.82. The predicted octanol–water partition coefficient (Wildman–Crippen LogP) is 0.00110. The molecule has 0 unspecified atom stereocenters. The lowest BCUT2D eigenvalue weighted by atomic mass is 10.7. The van der Waals surface area contributed by atoms with Crippen molar-refractivity contribution in [1.29, 1.82) is 0 Å². The molecular weight excluding hydrogens is 159 g/mol. The minimum atomic E-state index is -5.11. The van der Waals surface area contributed by atoms with Gasteiger partial charge in [0.2, 0.25) is 0 Å². The van der Waals surface area contributed by atoms with Gasteiger partial charge in [-0.15, -0.1) is 4.99 Å². The zero-order valence-electron chi connectivity index (χ0n) is 4.31. The first kappa shape index (κ1) is 9.14. The minimum absolute atomic E-state index is 0.841. The predicted molar refractivity (Wildman–Crippen MR) is 19.0 cm³/mol. The van der Waals surface area contributed by atoms with Crippen LogP contribution in [0.2, 0.25) is 0 Å². The molecule has 0 bridgehead atoms. The molecule has 0 aliphatic rings. The lowest BCUT2D eigenvalue weighted by Crippen LogP contribution is -2.30. The molecule has 5 nitrogen and oxygen atoms in total. The Kier molecular flexibility index (Phi) is 3.06. The van der Waals surface area contributed by atoms with Gasteiger partial charge in [-0.1, -0.05) is 0 Å². The van der Waals surface area contributed by atoms with Gasteiger partial charge >= 0.3 is 12.1 Å². The maximum Gasteiger partial charge on any atom is 0.492 e. The Labute approximate surface area is 52.2 Å². The summed E-state index contributed by atoms with van der Waals surface area (Å²) in [7, 11) is 0. The van der Waals surface area contributed by atoms with Crippen molar-refractivity contribution in [2.45, 2.75) is 6.18 Å². The monoisotopic (exact) mass is 161 g/mol. The van der Waals surface area contributed by atoms with Crippen LogP contribution < -0.4 is 5.64 Å². The van der Waals surface area contributed by atoms with Gasteiger partial charge < -0.3 is 4.84 Å². The number of nitrogens with one attached hydrogen (secondary N) is 1. The summed E-state index contributed by atoms with van der Waals surface area (Å²) < 4.78 is 33.4. The lowest BCUT2D eigenvalue weighted by molar-refractivity contribution is -0.364. The Morgan fingerprint density at radius 1 is 1.50 bits per heavy atom. The lowest BCUT2D eigenvalue weighted by Gasteiger charge is -2.03. The van der Waals surface area contributed by atoms with Gasteiger partial charge in [0.25, 0.3) is 0 Å². The second kappa shape index (κ2) is 3.34. The second-order valence-electron chi connectivity index (χ2n) is 1.06. The van der Waals surface area contributed by atoms with Crippen molar-refractivity contribution in [1.82, 2.24) is 5.64 Å². The topological polar surface area (TPSA) is 67.8 Å². The first-order valence-electron chi connectivity index (χ1n) is 1.82. The summed E-state index contributed by atoms with van der Waals surface area (Å²) >= 11 is 0. The van der Waals surface area contributed by atoms with Gasteiger partial charge in [0.15, 0.2) is 0 Å². The normalized spacial score (nSPS) is 11.2. The van der Waals surface area contributed by atoms with E-state index in [1.54, 1.807) is 0 Å². The number of carbonyl (C=O) groups excluding carboxylic acids is 1. The van der Waals surface area contributed by atoms with Gasteiger partial charge in [-0.3, -0.25) is 0 Å². The van der Waals surface area contributed by atoms with Gasteiger partial charge in [0.05, 0.1) is 0 Å². The van der Waals surface area contributed by atoms with E-state index in [1.165, 1.54) is 0 Å². The summed E-state index contributed by atoms with van der Waals surface area (Å²) in [6.45, 7) is 0. The van der Waals surface area contributed by atoms with Crippen LogP contribution in [-0.4, -0.2) is 17.4 Å². The van der Waals surface area contributed by atoms with Crippen LogP contribution in [0.5, 0.6) is 0 Å². The molecule has 0 aromatic heterocycles. The highest BCUT2D eigenvalue weighted by Crippen LogP contribution is 2.15. The van der Waals surface area contributed by atoms with Gasteiger partial charge in [-0.25, -0.2) is 10.1 Å². The third-order valence-corrected chi connectivity index (χ3v) is 0.403. The average Bonchev–Trinajstić information content (AvgIpc) is 1.80. The summed E-state index contributed by atoms with van der Waals surface area (Å²) in [6.07, 6.45) is -5.11. The molecule has 8 heteroatoms. The fourth-order valence-corrected chi connectivity index (χ4v) is 0.114. The highest BCUT2D eigenvalue weighted by Gasteiger charge is 2.41. The molecule has 0 atom stereocenters. The molecule has 0 aliphatic carbocycles. The van der Waals surface area contributed by atoms with Crippen LogP contribution in [0.3, 0.4) is 0 Å². The number of hydrogen-bond donors (Lipinski definition) is 2. The highest BCUT2D eigenvalue weighted by molar-refractivity contribution is 5.75.